The zero-order valence-electron chi connectivity index (χ0n) is 14.2. The van der Waals surface area contributed by atoms with E-state index in [4.69, 9.17) is 4.74 Å². The number of allylic oxidation sites excluding steroid dienone is 8. The summed E-state index contributed by atoms with van der Waals surface area (Å²) in [7, 11) is 1.75. The van der Waals surface area contributed by atoms with Gasteiger partial charge in [0.25, 0.3) is 0 Å². The van der Waals surface area contributed by atoms with E-state index in [1.54, 1.807) is 23.8 Å². The van der Waals surface area contributed by atoms with Gasteiger partial charge in [0.1, 0.15) is 5.75 Å². The summed E-state index contributed by atoms with van der Waals surface area (Å²) in [6, 6.07) is 8.34. The second kappa shape index (κ2) is 5.26. The molecule has 118 valence electrons. The molecule has 0 aromatic heterocycles. The van der Waals surface area contributed by atoms with Crippen molar-refractivity contribution >= 4 is 5.57 Å². The Morgan fingerprint density at radius 3 is 2.83 bits per heavy atom. The van der Waals surface area contributed by atoms with Crippen LogP contribution in [0.25, 0.3) is 5.57 Å². The zero-order chi connectivity index (χ0) is 16.0. The first-order chi connectivity index (χ1) is 11.1. The molecule has 0 saturated heterocycles. The number of fused-ring (bicyclic) bond motifs is 2. The van der Waals surface area contributed by atoms with Crippen molar-refractivity contribution in [2.24, 2.45) is 11.3 Å². The van der Waals surface area contributed by atoms with Crippen LogP contribution >= 0.6 is 0 Å². The average Bonchev–Trinajstić information content (AvgIpc) is 2.83. The van der Waals surface area contributed by atoms with Gasteiger partial charge in [0.05, 0.1) is 7.11 Å². The molecule has 1 heteroatoms. The quantitative estimate of drug-likeness (QED) is 0.680. The lowest BCUT2D eigenvalue weighted by Crippen LogP contribution is -2.17. The molecule has 0 heterocycles. The summed E-state index contributed by atoms with van der Waals surface area (Å²) in [6.07, 6.45) is 13.1. The van der Waals surface area contributed by atoms with Crippen molar-refractivity contribution in [1.82, 2.24) is 0 Å². The number of para-hydroxylation sites is 1. The van der Waals surface area contributed by atoms with Gasteiger partial charge in [-0.15, -0.1) is 0 Å². The SMILES string of the molecule is COc1ccccc1C1=CCC2C(=C1)C(C)(C)C1=C2C=CCC1. The molecule has 1 unspecified atom stereocenters. The van der Waals surface area contributed by atoms with Crippen molar-refractivity contribution in [2.75, 3.05) is 7.11 Å². The molecule has 0 saturated carbocycles. The highest BCUT2D eigenvalue weighted by Gasteiger charge is 2.43. The van der Waals surface area contributed by atoms with Crippen molar-refractivity contribution in [1.29, 1.82) is 0 Å². The molecular formula is C22H24O. The van der Waals surface area contributed by atoms with E-state index in [-0.39, 0.29) is 5.41 Å². The van der Waals surface area contributed by atoms with E-state index in [0.29, 0.717) is 5.92 Å². The minimum absolute atomic E-state index is 0.187. The van der Waals surface area contributed by atoms with Crippen LogP contribution in [0.2, 0.25) is 0 Å². The largest absolute Gasteiger partial charge is 0.496 e. The lowest BCUT2D eigenvalue weighted by molar-refractivity contribution is 0.413. The van der Waals surface area contributed by atoms with E-state index in [9.17, 15) is 0 Å². The van der Waals surface area contributed by atoms with E-state index in [1.807, 2.05) is 12.1 Å². The summed E-state index contributed by atoms with van der Waals surface area (Å²) in [4.78, 5) is 0. The normalized spacial score (nSPS) is 24.7. The van der Waals surface area contributed by atoms with E-state index < -0.39 is 0 Å². The summed E-state index contributed by atoms with van der Waals surface area (Å²) in [5, 5.41) is 0. The lowest BCUT2D eigenvalue weighted by Gasteiger charge is -2.29. The van der Waals surface area contributed by atoms with Crippen LogP contribution in [0, 0.1) is 11.3 Å². The third kappa shape index (κ3) is 2.14. The minimum Gasteiger partial charge on any atom is -0.496 e. The fourth-order valence-electron chi connectivity index (χ4n) is 4.54. The molecule has 1 atom stereocenters. The predicted molar refractivity (Wildman–Crippen MR) is 96.3 cm³/mol. The highest BCUT2D eigenvalue weighted by atomic mass is 16.5. The van der Waals surface area contributed by atoms with Gasteiger partial charge in [-0.2, -0.15) is 0 Å². The Kier molecular flexibility index (Phi) is 3.33. The van der Waals surface area contributed by atoms with Crippen LogP contribution in [0.5, 0.6) is 5.75 Å². The summed E-state index contributed by atoms with van der Waals surface area (Å²) in [5.41, 5.74) is 7.53. The molecule has 3 aliphatic carbocycles. The van der Waals surface area contributed by atoms with E-state index in [2.05, 4.69) is 50.3 Å². The van der Waals surface area contributed by atoms with Crippen molar-refractivity contribution < 1.29 is 4.74 Å². The Bertz CT molecular complexity index is 771. The third-order valence-corrected chi connectivity index (χ3v) is 5.74. The Hall–Kier alpha value is -2.02. The van der Waals surface area contributed by atoms with Crippen LogP contribution in [-0.4, -0.2) is 7.11 Å². The molecule has 23 heavy (non-hydrogen) atoms. The van der Waals surface area contributed by atoms with Gasteiger partial charge < -0.3 is 4.74 Å². The van der Waals surface area contributed by atoms with Gasteiger partial charge in [-0.25, -0.2) is 0 Å². The lowest BCUT2D eigenvalue weighted by atomic mass is 9.75. The molecule has 0 N–H and O–H groups in total. The standard InChI is InChI=1S/C22H24O/c1-22(2)19-10-6-4-9-17(19)18-13-12-15(14-20(18)22)16-8-5-7-11-21(16)23-3/h4-5,7-9,11-12,14,18H,6,10,13H2,1-3H3. The molecule has 4 rings (SSSR count). The molecule has 3 aliphatic rings. The maximum absolute atomic E-state index is 5.56. The molecule has 0 spiro atoms. The van der Waals surface area contributed by atoms with Gasteiger partial charge in [0, 0.05) is 16.9 Å². The molecule has 0 radical (unpaired) electrons. The van der Waals surface area contributed by atoms with E-state index in [0.717, 1.165) is 12.2 Å². The first kappa shape index (κ1) is 14.6. The number of rotatable bonds is 2. The van der Waals surface area contributed by atoms with Crippen molar-refractivity contribution in [3.8, 4) is 5.75 Å². The average molecular weight is 304 g/mol. The number of hydrogen-bond acceptors (Lipinski definition) is 1. The minimum atomic E-state index is 0.187. The maximum Gasteiger partial charge on any atom is 0.126 e. The van der Waals surface area contributed by atoms with Crippen LogP contribution in [0.1, 0.15) is 38.7 Å². The maximum atomic E-state index is 5.56. The fraction of sp³-hybridized carbons (Fsp3) is 0.364. The van der Waals surface area contributed by atoms with Gasteiger partial charge in [0.2, 0.25) is 0 Å². The molecular weight excluding hydrogens is 280 g/mol. The van der Waals surface area contributed by atoms with Crippen molar-refractivity contribution in [2.45, 2.75) is 33.1 Å². The fourth-order valence-corrected chi connectivity index (χ4v) is 4.54. The number of hydrogen-bond donors (Lipinski definition) is 0. The number of ether oxygens (including phenoxy) is 1. The molecule has 1 aromatic carbocycles. The number of methoxy groups -OCH3 is 1. The third-order valence-electron chi connectivity index (χ3n) is 5.74. The van der Waals surface area contributed by atoms with Gasteiger partial charge in [-0.05, 0) is 36.5 Å². The smallest absolute Gasteiger partial charge is 0.126 e. The first-order valence-electron chi connectivity index (χ1n) is 8.58. The highest BCUT2D eigenvalue weighted by Crippen LogP contribution is 2.56. The van der Waals surface area contributed by atoms with Crippen LogP contribution in [-0.2, 0) is 0 Å². The second-order valence-electron chi connectivity index (χ2n) is 7.25. The van der Waals surface area contributed by atoms with Crippen LogP contribution in [0.15, 0.2) is 65.3 Å². The van der Waals surface area contributed by atoms with E-state index >= 15 is 0 Å². The summed E-state index contributed by atoms with van der Waals surface area (Å²) < 4.78 is 5.56. The van der Waals surface area contributed by atoms with Crippen molar-refractivity contribution in [3.05, 3.63) is 70.9 Å². The molecule has 1 nitrogen and oxygen atoms in total. The molecule has 0 fully saturated rings. The Labute approximate surface area is 139 Å². The summed E-state index contributed by atoms with van der Waals surface area (Å²) in [6.45, 7) is 4.80. The van der Waals surface area contributed by atoms with Crippen LogP contribution in [0.4, 0.5) is 0 Å². The first-order valence-corrected chi connectivity index (χ1v) is 8.58. The Morgan fingerprint density at radius 2 is 2.00 bits per heavy atom. The summed E-state index contributed by atoms with van der Waals surface area (Å²) >= 11 is 0. The van der Waals surface area contributed by atoms with E-state index in [1.165, 1.54) is 24.0 Å². The Balaban J connectivity index is 1.78. The second-order valence-corrected chi connectivity index (χ2v) is 7.25. The van der Waals surface area contributed by atoms with Gasteiger partial charge >= 0.3 is 0 Å². The molecule has 0 amide bonds. The highest BCUT2D eigenvalue weighted by molar-refractivity contribution is 5.81. The monoisotopic (exact) mass is 304 g/mol. The molecule has 0 aliphatic heterocycles. The van der Waals surface area contributed by atoms with Gasteiger partial charge in [-0.1, -0.05) is 67.5 Å². The predicted octanol–water partition coefficient (Wildman–Crippen LogP) is 5.71. The topological polar surface area (TPSA) is 9.23 Å². The van der Waals surface area contributed by atoms with Crippen molar-refractivity contribution in [3.63, 3.8) is 0 Å². The molecule has 1 aromatic rings. The summed E-state index contributed by atoms with van der Waals surface area (Å²) in [5.74, 6) is 1.54. The zero-order valence-corrected chi connectivity index (χ0v) is 14.2. The van der Waals surface area contributed by atoms with Gasteiger partial charge in [0.15, 0.2) is 0 Å². The Morgan fingerprint density at radius 1 is 1.17 bits per heavy atom. The van der Waals surface area contributed by atoms with Crippen LogP contribution in [0.3, 0.4) is 0 Å². The number of benzene rings is 1. The van der Waals surface area contributed by atoms with Gasteiger partial charge in [-0.3, -0.25) is 0 Å². The molecule has 0 bridgehead atoms. The van der Waals surface area contributed by atoms with Crippen LogP contribution < -0.4 is 4.74 Å².